The molecule has 0 atom stereocenters. The summed E-state index contributed by atoms with van der Waals surface area (Å²) in [6.45, 7) is 4.91. The number of amidine groups is 1. The molecule has 1 amide bonds. The molecule has 0 aliphatic carbocycles. The van der Waals surface area contributed by atoms with Crippen molar-refractivity contribution >= 4 is 34.3 Å². The zero-order valence-electron chi connectivity index (χ0n) is 19.6. The van der Waals surface area contributed by atoms with Gasteiger partial charge in [-0.25, -0.2) is 15.0 Å². The maximum absolute atomic E-state index is 12.1. The van der Waals surface area contributed by atoms with Crippen LogP contribution in [0.2, 0.25) is 0 Å². The molecule has 4 aromatic rings. The summed E-state index contributed by atoms with van der Waals surface area (Å²) in [6.07, 6.45) is 6.39. The summed E-state index contributed by atoms with van der Waals surface area (Å²) >= 11 is 0. The average Bonchev–Trinajstić information content (AvgIpc) is 3.36. The van der Waals surface area contributed by atoms with Gasteiger partial charge in [0.2, 0.25) is 5.91 Å². The van der Waals surface area contributed by atoms with Gasteiger partial charge in [-0.2, -0.15) is 5.10 Å². The van der Waals surface area contributed by atoms with Gasteiger partial charge in [-0.15, -0.1) is 0 Å². The Labute approximate surface area is 208 Å². The molecule has 9 heteroatoms. The number of ether oxygens (including phenoxy) is 1. The van der Waals surface area contributed by atoms with E-state index in [-0.39, 0.29) is 11.9 Å². The summed E-state index contributed by atoms with van der Waals surface area (Å²) in [7, 11) is 0. The molecule has 2 aliphatic rings. The highest BCUT2D eigenvalue weighted by Crippen LogP contribution is 2.35. The average molecular weight is 480 g/mol. The number of H-pyrrole nitrogens is 1. The van der Waals surface area contributed by atoms with Crippen molar-refractivity contribution in [2.75, 3.05) is 23.4 Å². The summed E-state index contributed by atoms with van der Waals surface area (Å²) in [5.41, 5.74) is 2.52. The fourth-order valence-electron chi connectivity index (χ4n) is 4.72. The van der Waals surface area contributed by atoms with E-state index in [9.17, 15) is 4.79 Å². The zero-order valence-corrected chi connectivity index (χ0v) is 19.6. The van der Waals surface area contributed by atoms with Gasteiger partial charge in [0, 0.05) is 36.6 Å². The molecule has 9 nitrogen and oxygen atoms in total. The van der Waals surface area contributed by atoms with E-state index in [2.05, 4.69) is 26.8 Å². The van der Waals surface area contributed by atoms with Crippen LogP contribution < -0.4 is 15.1 Å². The van der Waals surface area contributed by atoms with Gasteiger partial charge in [0.1, 0.15) is 23.5 Å². The number of nitrogens with zero attached hydrogens (tertiary/aromatic N) is 5. The van der Waals surface area contributed by atoms with Gasteiger partial charge in [-0.1, -0.05) is 30.8 Å². The second-order valence-corrected chi connectivity index (χ2v) is 8.74. The van der Waals surface area contributed by atoms with Crippen LogP contribution in [0.1, 0.15) is 18.4 Å². The minimum absolute atomic E-state index is 0.0344. The van der Waals surface area contributed by atoms with Crippen molar-refractivity contribution in [3.05, 3.63) is 85.3 Å². The maximum Gasteiger partial charge on any atom is 0.245 e. The number of carbonyl (C=O) groups excluding carboxylic acids is 1. The number of amides is 1. The third kappa shape index (κ3) is 4.04. The summed E-state index contributed by atoms with van der Waals surface area (Å²) in [5.74, 6) is 2.94. The van der Waals surface area contributed by atoms with Crippen molar-refractivity contribution in [1.82, 2.24) is 19.9 Å². The second-order valence-electron chi connectivity index (χ2n) is 8.74. The SMILES string of the molecule is C=CC(=O)N1CCC(N2N=C(Nc3cccc(Oc4ccccc4)c3)c3c[nH]c4ncnc2c34)CC1. The maximum atomic E-state index is 12.1. The minimum atomic E-state index is -0.0344. The highest BCUT2D eigenvalue weighted by Gasteiger charge is 2.32. The van der Waals surface area contributed by atoms with Crippen molar-refractivity contribution in [1.29, 1.82) is 0 Å². The van der Waals surface area contributed by atoms with Crippen LogP contribution in [-0.2, 0) is 4.79 Å². The van der Waals surface area contributed by atoms with Gasteiger partial charge in [0.25, 0.3) is 0 Å². The Hall–Kier alpha value is -4.66. The van der Waals surface area contributed by atoms with E-state index in [1.807, 2.05) is 70.7 Å². The quantitative estimate of drug-likeness (QED) is 0.409. The van der Waals surface area contributed by atoms with Crippen molar-refractivity contribution in [2.45, 2.75) is 18.9 Å². The third-order valence-electron chi connectivity index (χ3n) is 6.50. The lowest BCUT2D eigenvalue weighted by Gasteiger charge is -2.37. The first-order valence-corrected chi connectivity index (χ1v) is 11.9. The van der Waals surface area contributed by atoms with Gasteiger partial charge in [0.05, 0.1) is 11.4 Å². The topological polar surface area (TPSA) is 98.7 Å². The molecule has 2 aromatic heterocycles. The number of hydrazone groups is 1. The fraction of sp³-hybridized carbons (Fsp3) is 0.185. The number of hydrogen-bond acceptors (Lipinski definition) is 7. The van der Waals surface area contributed by atoms with Crippen LogP contribution in [0.3, 0.4) is 0 Å². The fourth-order valence-corrected chi connectivity index (χ4v) is 4.72. The lowest BCUT2D eigenvalue weighted by molar-refractivity contribution is -0.127. The molecule has 0 spiro atoms. The number of aromatic amines is 1. The van der Waals surface area contributed by atoms with E-state index in [1.54, 1.807) is 6.33 Å². The molecule has 0 saturated carbocycles. The summed E-state index contributed by atoms with van der Waals surface area (Å²) in [4.78, 5) is 26.1. The Morgan fingerprint density at radius 2 is 1.89 bits per heavy atom. The molecule has 0 radical (unpaired) electrons. The number of rotatable bonds is 5. The Bertz CT molecular complexity index is 1460. The van der Waals surface area contributed by atoms with E-state index >= 15 is 0 Å². The van der Waals surface area contributed by atoms with E-state index in [0.29, 0.717) is 18.9 Å². The molecule has 0 unspecified atom stereocenters. The molecule has 36 heavy (non-hydrogen) atoms. The van der Waals surface area contributed by atoms with E-state index in [1.165, 1.54) is 6.08 Å². The monoisotopic (exact) mass is 479 g/mol. The molecule has 1 fully saturated rings. The molecule has 1 saturated heterocycles. The predicted octanol–water partition coefficient (Wildman–Crippen LogP) is 4.52. The largest absolute Gasteiger partial charge is 0.457 e. The first kappa shape index (κ1) is 21.8. The molecule has 6 rings (SSSR count). The number of para-hydroxylation sites is 1. The van der Waals surface area contributed by atoms with Crippen molar-refractivity contribution in [2.24, 2.45) is 5.10 Å². The summed E-state index contributed by atoms with van der Waals surface area (Å²) in [5, 5.41) is 11.4. The number of likely N-dealkylation sites (tertiary alicyclic amines) is 1. The van der Waals surface area contributed by atoms with Crippen LogP contribution in [-0.4, -0.2) is 50.7 Å². The third-order valence-corrected chi connectivity index (χ3v) is 6.50. The van der Waals surface area contributed by atoms with E-state index < -0.39 is 0 Å². The normalized spacial score (nSPS) is 15.5. The molecular weight excluding hydrogens is 454 g/mol. The van der Waals surface area contributed by atoms with E-state index in [0.717, 1.165) is 52.4 Å². The molecule has 2 N–H and O–H groups in total. The number of nitrogens with one attached hydrogen (secondary N) is 2. The molecule has 4 heterocycles. The predicted molar refractivity (Wildman–Crippen MR) is 139 cm³/mol. The Morgan fingerprint density at radius 3 is 2.69 bits per heavy atom. The van der Waals surface area contributed by atoms with Gasteiger partial charge >= 0.3 is 0 Å². The Morgan fingerprint density at radius 1 is 1.08 bits per heavy atom. The van der Waals surface area contributed by atoms with Gasteiger partial charge in [-0.3, -0.25) is 4.79 Å². The molecule has 2 aliphatic heterocycles. The highest BCUT2D eigenvalue weighted by atomic mass is 16.5. The van der Waals surface area contributed by atoms with Crippen LogP contribution in [0.25, 0.3) is 11.0 Å². The number of carbonyl (C=O) groups is 1. The van der Waals surface area contributed by atoms with E-state index in [4.69, 9.17) is 9.84 Å². The highest BCUT2D eigenvalue weighted by molar-refractivity contribution is 6.19. The minimum Gasteiger partial charge on any atom is -0.457 e. The van der Waals surface area contributed by atoms with Crippen LogP contribution >= 0.6 is 0 Å². The second kappa shape index (κ2) is 9.18. The van der Waals surface area contributed by atoms with Gasteiger partial charge < -0.3 is 19.9 Å². The number of aromatic nitrogens is 3. The number of piperidine rings is 1. The smallest absolute Gasteiger partial charge is 0.245 e. The zero-order chi connectivity index (χ0) is 24.5. The lowest BCUT2D eigenvalue weighted by atomic mass is 10.0. The van der Waals surface area contributed by atoms with Crippen molar-refractivity contribution < 1.29 is 9.53 Å². The van der Waals surface area contributed by atoms with Crippen molar-refractivity contribution in [3.8, 4) is 11.5 Å². The standard InChI is InChI=1S/C27H25N7O2/c1-2-23(35)33-13-11-19(12-14-33)34-27-24-22(16-28-26(24)29-17-30-27)25(32-34)31-18-7-6-10-21(15-18)36-20-8-4-3-5-9-20/h2-10,15-17,19H,1,11-14H2,(H,31,32)(H,28,29,30). The van der Waals surface area contributed by atoms with Gasteiger partial charge in [-0.05, 0) is 43.2 Å². The Balaban J connectivity index is 1.30. The lowest BCUT2D eigenvalue weighted by Crippen LogP contribution is -2.46. The van der Waals surface area contributed by atoms with Crippen LogP contribution in [0.5, 0.6) is 11.5 Å². The van der Waals surface area contributed by atoms with Gasteiger partial charge in [0.15, 0.2) is 11.7 Å². The summed E-state index contributed by atoms with van der Waals surface area (Å²) < 4.78 is 6.01. The van der Waals surface area contributed by atoms with Crippen molar-refractivity contribution in [3.63, 3.8) is 0 Å². The molecule has 180 valence electrons. The number of hydrogen-bond donors (Lipinski definition) is 2. The first-order valence-electron chi connectivity index (χ1n) is 11.9. The van der Waals surface area contributed by atoms with Crippen LogP contribution in [0.15, 0.2) is 84.9 Å². The summed E-state index contributed by atoms with van der Waals surface area (Å²) in [6, 6.07) is 17.6. The van der Waals surface area contributed by atoms with Crippen LogP contribution in [0, 0.1) is 0 Å². The molecular formula is C27H25N7O2. The molecule has 0 bridgehead atoms. The Kier molecular flexibility index (Phi) is 5.57. The number of benzene rings is 2. The van der Waals surface area contributed by atoms with Crippen LogP contribution in [0.4, 0.5) is 11.5 Å². The molecule has 2 aromatic carbocycles. The first-order chi connectivity index (χ1) is 17.7. The number of anilines is 2.